The van der Waals surface area contributed by atoms with Gasteiger partial charge in [-0.3, -0.25) is 0 Å². The van der Waals surface area contributed by atoms with Crippen molar-refractivity contribution < 1.29 is 13.5 Å². The first-order chi connectivity index (χ1) is 8.59. The van der Waals surface area contributed by atoms with Gasteiger partial charge >= 0.3 is 5.92 Å². The summed E-state index contributed by atoms with van der Waals surface area (Å²) in [6.07, 6.45) is 1.47. The molecule has 0 aliphatic rings. The van der Waals surface area contributed by atoms with Crippen molar-refractivity contribution in [2.75, 3.05) is 12.3 Å². The molecule has 1 aromatic heterocycles. The van der Waals surface area contributed by atoms with Crippen molar-refractivity contribution in [3.8, 4) is 5.75 Å². The van der Waals surface area contributed by atoms with Gasteiger partial charge in [-0.2, -0.15) is 8.78 Å². The number of nitrogen functional groups attached to an aromatic ring is 1. The molecule has 2 rings (SSSR count). The SMILES string of the molecule is Nc1ncccc1OCC(F)(F)c1ccccc1. The Kier molecular flexibility index (Phi) is 3.41. The Morgan fingerprint density at radius 3 is 2.50 bits per heavy atom. The van der Waals surface area contributed by atoms with Crippen LogP contribution in [0.5, 0.6) is 5.75 Å². The van der Waals surface area contributed by atoms with Gasteiger partial charge in [0.15, 0.2) is 18.2 Å². The first-order valence-electron chi connectivity index (χ1n) is 5.36. The lowest BCUT2D eigenvalue weighted by Gasteiger charge is -2.17. The fourth-order valence-electron chi connectivity index (χ4n) is 1.46. The number of pyridine rings is 1. The lowest BCUT2D eigenvalue weighted by atomic mass is 10.1. The number of aromatic nitrogens is 1. The maximum atomic E-state index is 13.8. The predicted octanol–water partition coefficient (Wildman–Crippen LogP) is 2.83. The van der Waals surface area contributed by atoms with E-state index in [4.69, 9.17) is 10.5 Å². The average molecular weight is 250 g/mol. The van der Waals surface area contributed by atoms with Gasteiger partial charge in [0.2, 0.25) is 0 Å². The van der Waals surface area contributed by atoms with Crippen LogP contribution in [-0.2, 0) is 5.92 Å². The molecule has 2 aromatic rings. The van der Waals surface area contributed by atoms with Crippen molar-refractivity contribution in [2.24, 2.45) is 0 Å². The Morgan fingerprint density at radius 1 is 1.11 bits per heavy atom. The molecule has 1 heterocycles. The second-order valence-electron chi connectivity index (χ2n) is 3.75. The van der Waals surface area contributed by atoms with Gasteiger partial charge in [0.1, 0.15) is 0 Å². The third-order valence-electron chi connectivity index (χ3n) is 2.40. The van der Waals surface area contributed by atoms with Crippen molar-refractivity contribution >= 4 is 5.82 Å². The Hall–Kier alpha value is -2.17. The molecule has 0 saturated heterocycles. The molecule has 94 valence electrons. The number of hydrogen-bond acceptors (Lipinski definition) is 3. The number of benzene rings is 1. The summed E-state index contributed by atoms with van der Waals surface area (Å²) >= 11 is 0. The third-order valence-corrected chi connectivity index (χ3v) is 2.40. The van der Waals surface area contributed by atoms with E-state index in [1.165, 1.54) is 24.4 Å². The van der Waals surface area contributed by atoms with Gasteiger partial charge in [0.25, 0.3) is 0 Å². The van der Waals surface area contributed by atoms with Gasteiger partial charge in [-0.25, -0.2) is 4.98 Å². The van der Waals surface area contributed by atoms with Gasteiger partial charge in [-0.15, -0.1) is 0 Å². The molecule has 5 heteroatoms. The average Bonchev–Trinajstić information content (AvgIpc) is 2.39. The summed E-state index contributed by atoms with van der Waals surface area (Å²) in [6, 6.07) is 10.6. The van der Waals surface area contributed by atoms with Crippen molar-refractivity contribution in [1.29, 1.82) is 0 Å². The number of alkyl halides is 2. The Labute approximate surface area is 103 Å². The molecule has 2 N–H and O–H groups in total. The minimum atomic E-state index is -3.07. The Morgan fingerprint density at radius 2 is 1.83 bits per heavy atom. The van der Waals surface area contributed by atoms with E-state index in [-0.39, 0.29) is 17.1 Å². The van der Waals surface area contributed by atoms with Gasteiger partial charge < -0.3 is 10.5 Å². The minimum absolute atomic E-state index is 0.0903. The van der Waals surface area contributed by atoms with Crippen LogP contribution >= 0.6 is 0 Å². The first-order valence-corrected chi connectivity index (χ1v) is 5.36. The summed E-state index contributed by atoms with van der Waals surface area (Å²) in [5.41, 5.74) is 5.42. The molecule has 0 radical (unpaired) electrons. The maximum absolute atomic E-state index is 13.8. The van der Waals surface area contributed by atoms with Crippen molar-refractivity contribution in [1.82, 2.24) is 4.98 Å². The molecule has 0 bridgehead atoms. The third kappa shape index (κ3) is 2.74. The molecule has 0 fully saturated rings. The maximum Gasteiger partial charge on any atom is 0.306 e. The second-order valence-corrected chi connectivity index (χ2v) is 3.75. The lowest BCUT2D eigenvalue weighted by molar-refractivity contribution is -0.0465. The van der Waals surface area contributed by atoms with E-state index >= 15 is 0 Å². The molecular weight excluding hydrogens is 238 g/mol. The molecule has 0 spiro atoms. The van der Waals surface area contributed by atoms with Crippen LogP contribution in [0.2, 0.25) is 0 Å². The Bertz CT molecular complexity index is 517. The molecule has 0 saturated carbocycles. The smallest absolute Gasteiger partial charge is 0.306 e. The summed E-state index contributed by atoms with van der Waals surface area (Å²) in [6.45, 7) is -0.771. The van der Waals surface area contributed by atoms with Gasteiger partial charge in [0, 0.05) is 11.8 Å². The highest BCUT2D eigenvalue weighted by atomic mass is 19.3. The number of ether oxygens (including phenoxy) is 1. The van der Waals surface area contributed by atoms with E-state index in [9.17, 15) is 8.78 Å². The van der Waals surface area contributed by atoms with Crippen molar-refractivity contribution in [3.05, 3.63) is 54.2 Å². The summed E-state index contributed by atoms with van der Waals surface area (Å²) in [5.74, 6) is -2.81. The van der Waals surface area contributed by atoms with Crippen LogP contribution in [0.15, 0.2) is 48.7 Å². The zero-order chi connectivity index (χ0) is 13.0. The number of anilines is 1. The molecule has 0 amide bonds. The van der Waals surface area contributed by atoms with Crippen LogP contribution in [0.3, 0.4) is 0 Å². The van der Waals surface area contributed by atoms with E-state index in [0.29, 0.717) is 0 Å². The first kappa shape index (κ1) is 12.3. The van der Waals surface area contributed by atoms with Gasteiger partial charge in [-0.05, 0) is 12.1 Å². The number of nitrogens with two attached hydrogens (primary N) is 1. The van der Waals surface area contributed by atoms with E-state index < -0.39 is 12.5 Å². The van der Waals surface area contributed by atoms with Gasteiger partial charge in [-0.1, -0.05) is 30.3 Å². The van der Waals surface area contributed by atoms with Gasteiger partial charge in [0.05, 0.1) is 0 Å². The summed E-state index contributed by atoms with van der Waals surface area (Å²) in [7, 11) is 0. The summed E-state index contributed by atoms with van der Waals surface area (Å²) < 4.78 is 32.6. The number of halogens is 2. The van der Waals surface area contributed by atoms with Crippen LogP contribution in [0.1, 0.15) is 5.56 Å². The van der Waals surface area contributed by atoms with E-state index in [2.05, 4.69) is 4.98 Å². The quantitative estimate of drug-likeness (QED) is 0.907. The zero-order valence-corrected chi connectivity index (χ0v) is 9.51. The topological polar surface area (TPSA) is 48.1 Å². The highest BCUT2D eigenvalue weighted by Crippen LogP contribution is 2.29. The second kappa shape index (κ2) is 5.00. The monoisotopic (exact) mass is 250 g/mol. The van der Waals surface area contributed by atoms with Crippen molar-refractivity contribution in [2.45, 2.75) is 5.92 Å². The number of hydrogen-bond donors (Lipinski definition) is 1. The number of nitrogens with zero attached hydrogens (tertiary/aromatic N) is 1. The molecule has 18 heavy (non-hydrogen) atoms. The largest absolute Gasteiger partial charge is 0.483 e. The Balaban J connectivity index is 2.08. The van der Waals surface area contributed by atoms with Crippen molar-refractivity contribution in [3.63, 3.8) is 0 Å². The minimum Gasteiger partial charge on any atom is -0.483 e. The van der Waals surface area contributed by atoms with Crippen LogP contribution in [0, 0.1) is 0 Å². The molecule has 0 aliphatic heterocycles. The molecule has 0 aliphatic carbocycles. The highest BCUT2D eigenvalue weighted by molar-refractivity contribution is 5.44. The summed E-state index contributed by atoms with van der Waals surface area (Å²) in [4.78, 5) is 3.76. The standard InChI is InChI=1S/C13H12F2N2O/c14-13(15,10-5-2-1-3-6-10)9-18-11-7-4-8-17-12(11)16/h1-8H,9H2,(H2,16,17). The highest BCUT2D eigenvalue weighted by Gasteiger charge is 2.32. The molecule has 0 unspecified atom stereocenters. The normalized spacial score (nSPS) is 11.2. The predicted molar refractivity (Wildman–Crippen MR) is 64.5 cm³/mol. The van der Waals surface area contributed by atoms with E-state index in [1.807, 2.05) is 0 Å². The van der Waals surface area contributed by atoms with Crippen LogP contribution in [0.25, 0.3) is 0 Å². The van der Waals surface area contributed by atoms with E-state index in [1.54, 1.807) is 24.3 Å². The number of rotatable bonds is 4. The van der Waals surface area contributed by atoms with E-state index in [0.717, 1.165) is 0 Å². The van der Waals surface area contributed by atoms with Crippen LogP contribution in [0.4, 0.5) is 14.6 Å². The summed E-state index contributed by atoms with van der Waals surface area (Å²) in [5, 5.41) is 0. The molecular formula is C13H12F2N2O. The van der Waals surface area contributed by atoms with Crippen LogP contribution < -0.4 is 10.5 Å². The van der Waals surface area contributed by atoms with Crippen LogP contribution in [-0.4, -0.2) is 11.6 Å². The fraction of sp³-hybridized carbons (Fsp3) is 0.154. The lowest BCUT2D eigenvalue weighted by Crippen LogP contribution is -2.23. The molecule has 3 nitrogen and oxygen atoms in total. The zero-order valence-electron chi connectivity index (χ0n) is 9.51. The molecule has 0 atom stereocenters. The molecule has 1 aromatic carbocycles. The fourth-order valence-corrected chi connectivity index (χ4v) is 1.46.